The molecular weight excluding hydrogens is 440 g/mol. The third-order valence-electron chi connectivity index (χ3n) is 4.45. The van der Waals surface area contributed by atoms with E-state index in [1.165, 1.54) is 18.2 Å². The zero-order valence-electron chi connectivity index (χ0n) is 17.5. The average Bonchev–Trinajstić information content (AvgIpc) is 2.67. The SMILES string of the molecule is CC(C)(C)NS(=O)(=O)c1cc(C(=O)Nc2ccc(N3CCNC(=O)C3)cc2)ccc1Cl. The van der Waals surface area contributed by atoms with Gasteiger partial charge in [0, 0.05) is 35.6 Å². The third-order valence-corrected chi connectivity index (χ3v) is 6.69. The molecule has 0 spiro atoms. The highest BCUT2D eigenvalue weighted by molar-refractivity contribution is 7.89. The van der Waals surface area contributed by atoms with Gasteiger partial charge in [0.05, 0.1) is 11.6 Å². The molecule has 3 rings (SSSR count). The molecule has 8 nitrogen and oxygen atoms in total. The Balaban J connectivity index is 1.75. The summed E-state index contributed by atoms with van der Waals surface area (Å²) in [5.41, 5.74) is 0.885. The van der Waals surface area contributed by atoms with Crippen molar-refractivity contribution < 1.29 is 18.0 Å². The molecule has 0 saturated carbocycles. The van der Waals surface area contributed by atoms with E-state index in [4.69, 9.17) is 11.6 Å². The molecule has 3 N–H and O–H groups in total. The maximum Gasteiger partial charge on any atom is 0.255 e. The summed E-state index contributed by atoms with van der Waals surface area (Å²) in [4.78, 5) is 26.0. The molecular formula is C21H25ClN4O4S. The van der Waals surface area contributed by atoms with Crippen molar-refractivity contribution in [2.75, 3.05) is 29.9 Å². The summed E-state index contributed by atoms with van der Waals surface area (Å²) in [7, 11) is -3.90. The highest BCUT2D eigenvalue weighted by Gasteiger charge is 2.25. The van der Waals surface area contributed by atoms with E-state index in [-0.39, 0.29) is 27.9 Å². The van der Waals surface area contributed by atoms with Crippen molar-refractivity contribution in [2.45, 2.75) is 31.2 Å². The first-order valence-electron chi connectivity index (χ1n) is 9.71. The van der Waals surface area contributed by atoms with E-state index in [1.54, 1.807) is 32.9 Å². The second-order valence-electron chi connectivity index (χ2n) is 8.27. The van der Waals surface area contributed by atoms with E-state index in [0.717, 1.165) is 5.69 Å². The Morgan fingerprint density at radius 3 is 2.42 bits per heavy atom. The number of carbonyl (C=O) groups excluding carboxylic acids is 2. The van der Waals surface area contributed by atoms with Gasteiger partial charge < -0.3 is 15.5 Å². The van der Waals surface area contributed by atoms with E-state index in [2.05, 4.69) is 15.4 Å². The second kappa shape index (κ2) is 8.86. The van der Waals surface area contributed by atoms with Gasteiger partial charge in [-0.3, -0.25) is 9.59 Å². The molecule has 1 heterocycles. The summed E-state index contributed by atoms with van der Waals surface area (Å²) in [6.07, 6.45) is 0. The van der Waals surface area contributed by atoms with Gasteiger partial charge in [0.1, 0.15) is 4.90 Å². The van der Waals surface area contributed by atoms with Gasteiger partial charge in [0.15, 0.2) is 0 Å². The van der Waals surface area contributed by atoms with Gasteiger partial charge in [0.2, 0.25) is 15.9 Å². The van der Waals surface area contributed by atoms with Crippen LogP contribution in [-0.2, 0) is 14.8 Å². The fourth-order valence-electron chi connectivity index (χ4n) is 3.13. The van der Waals surface area contributed by atoms with Crippen LogP contribution in [0.1, 0.15) is 31.1 Å². The molecule has 0 unspecified atom stereocenters. The Bertz CT molecular complexity index is 1100. The molecule has 2 amide bonds. The maximum atomic E-state index is 12.7. The standard InChI is InChI=1S/C21H25ClN4O4S/c1-21(2,3)25-31(29,30)18-12-14(4-9-17(18)22)20(28)24-15-5-7-16(8-6-15)26-11-10-23-19(27)13-26/h4-9,12,25H,10-11,13H2,1-3H3,(H,23,27)(H,24,28). The minimum atomic E-state index is -3.90. The minimum Gasteiger partial charge on any atom is -0.360 e. The van der Waals surface area contributed by atoms with Crippen LogP contribution in [0.5, 0.6) is 0 Å². The molecule has 166 valence electrons. The van der Waals surface area contributed by atoms with Crippen molar-refractivity contribution in [2.24, 2.45) is 0 Å². The van der Waals surface area contributed by atoms with E-state index >= 15 is 0 Å². The Labute approximate surface area is 187 Å². The minimum absolute atomic E-state index is 0.0296. The molecule has 1 saturated heterocycles. The Morgan fingerprint density at radius 1 is 1.13 bits per heavy atom. The van der Waals surface area contributed by atoms with Gasteiger partial charge in [-0.1, -0.05) is 11.6 Å². The molecule has 10 heteroatoms. The molecule has 2 aromatic carbocycles. The average molecular weight is 465 g/mol. The maximum absolute atomic E-state index is 12.7. The van der Waals surface area contributed by atoms with Gasteiger partial charge in [0.25, 0.3) is 5.91 Å². The van der Waals surface area contributed by atoms with Crippen molar-refractivity contribution in [1.29, 1.82) is 0 Å². The van der Waals surface area contributed by atoms with E-state index < -0.39 is 21.5 Å². The molecule has 31 heavy (non-hydrogen) atoms. The molecule has 1 aliphatic heterocycles. The van der Waals surface area contributed by atoms with Gasteiger partial charge in [-0.05, 0) is 63.2 Å². The van der Waals surface area contributed by atoms with Crippen LogP contribution in [0.25, 0.3) is 0 Å². The van der Waals surface area contributed by atoms with Crippen LogP contribution in [-0.4, -0.2) is 45.4 Å². The first-order chi connectivity index (χ1) is 14.4. The number of amides is 2. The molecule has 1 fully saturated rings. The van der Waals surface area contributed by atoms with Crippen LogP contribution in [0.4, 0.5) is 11.4 Å². The summed E-state index contributed by atoms with van der Waals surface area (Å²) in [6.45, 7) is 6.74. The third kappa shape index (κ3) is 5.96. The van der Waals surface area contributed by atoms with Crippen LogP contribution in [0, 0.1) is 0 Å². The lowest BCUT2D eigenvalue weighted by atomic mass is 10.1. The summed E-state index contributed by atoms with van der Waals surface area (Å²) >= 11 is 6.09. The Hall–Kier alpha value is -2.62. The number of halogens is 1. The zero-order valence-corrected chi connectivity index (χ0v) is 19.1. The number of nitrogens with zero attached hydrogens (tertiary/aromatic N) is 1. The van der Waals surface area contributed by atoms with Gasteiger partial charge in [-0.2, -0.15) is 0 Å². The smallest absolute Gasteiger partial charge is 0.255 e. The van der Waals surface area contributed by atoms with E-state index in [1.807, 2.05) is 17.0 Å². The summed E-state index contributed by atoms with van der Waals surface area (Å²) in [5.74, 6) is -0.493. The number of nitrogens with one attached hydrogen (secondary N) is 3. The van der Waals surface area contributed by atoms with E-state index in [9.17, 15) is 18.0 Å². The number of carbonyl (C=O) groups is 2. The quantitative estimate of drug-likeness (QED) is 0.630. The number of hydrogen-bond donors (Lipinski definition) is 3. The van der Waals surface area contributed by atoms with E-state index in [0.29, 0.717) is 18.8 Å². The van der Waals surface area contributed by atoms with Crippen LogP contribution >= 0.6 is 11.6 Å². The van der Waals surface area contributed by atoms with Crippen molar-refractivity contribution in [3.63, 3.8) is 0 Å². The number of rotatable bonds is 5. The molecule has 0 bridgehead atoms. The van der Waals surface area contributed by atoms with Crippen molar-refractivity contribution in [1.82, 2.24) is 10.0 Å². The number of anilines is 2. The summed E-state index contributed by atoms with van der Waals surface area (Å²) < 4.78 is 27.8. The fraction of sp³-hybridized carbons (Fsp3) is 0.333. The molecule has 2 aromatic rings. The lowest BCUT2D eigenvalue weighted by Crippen LogP contribution is -2.47. The first-order valence-corrected chi connectivity index (χ1v) is 11.6. The van der Waals surface area contributed by atoms with Gasteiger partial charge in [-0.25, -0.2) is 13.1 Å². The predicted molar refractivity (Wildman–Crippen MR) is 121 cm³/mol. The fourth-order valence-corrected chi connectivity index (χ4v) is 5.07. The molecule has 0 aliphatic carbocycles. The first kappa shape index (κ1) is 23.1. The van der Waals surface area contributed by atoms with Crippen molar-refractivity contribution >= 4 is 44.8 Å². The molecule has 0 atom stereocenters. The van der Waals surface area contributed by atoms with Crippen LogP contribution < -0.4 is 20.3 Å². The Morgan fingerprint density at radius 2 is 1.81 bits per heavy atom. The zero-order chi connectivity index (χ0) is 22.8. The number of piperazine rings is 1. The Kier molecular flexibility index (Phi) is 6.59. The molecule has 0 radical (unpaired) electrons. The monoisotopic (exact) mass is 464 g/mol. The van der Waals surface area contributed by atoms with Crippen molar-refractivity contribution in [3.05, 3.63) is 53.1 Å². The summed E-state index contributed by atoms with van der Waals surface area (Å²) in [6, 6.07) is 11.2. The number of sulfonamides is 1. The van der Waals surface area contributed by atoms with Gasteiger partial charge >= 0.3 is 0 Å². The highest BCUT2D eigenvalue weighted by atomic mass is 35.5. The topological polar surface area (TPSA) is 108 Å². The van der Waals surface area contributed by atoms with Crippen LogP contribution in [0.3, 0.4) is 0 Å². The second-order valence-corrected chi connectivity index (χ2v) is 10.3. The largest absolute Gasteiger partial charge is 0.360 e. The lowest BCUT2D eigenvalue weighted by Gasteiger charge is -2.28. The number of hydrogen-bond acceptors (Lipinski definition) is 5. The highest BCUT2D eigenvalue weighted by Crippen LogP contribution is 2.25. The normalized spacial score (nSPS) is 14.8. The van der Waals surface area contributed by atoms with Crippen molar-refractivity contribution in [3.8, 4) is 0 Å². The number of benzene rings is 2. The summed E-state index contributed by atoms with van der Waals surface area (Å²) in [5, 5.41) is 5.55. The lowest BCUT2D eigenvalue weighted by molar-refractivity contribution is -0.120. The molecule has 1 aliphatic rings. The van der Waals surface area contributed by atoms with Crippen LogP contribution in [0.2, 0.25) is 5.02 Å². The predicted octanol–water partition coefficient (Wildman–Crippen LogP) is 2.61. The molecule has 0 aromatic heterocycles. The van der Waals surface area contributed by atoms with Crippen LogP contribution in [0.15, 0.2) is 47.4 Å². The van der Waals surface area contributed by atoms with Gasteiger partial charge in [-0.15, -0.1) is 0 Å².